The molecular weight excluding hydrogens is 326 g/mol. The van der Waals surface area contributed by atoms with Crippen LogP contribution in [0.25, 0.3) is 0 Å². The molecule has 0 aromatic carbocycles. The average molecular weight is 345 g/mol. The summed E-state index contributed by atoms with van der Waals surface area (Å²) < 4.78 is 11.2. The van der Waals surface area contributed by atoms with Crippen LogP contribution in [0.2, 0.25) is 0 Å². The van der Waals surface area contributed by atoms with E-state index in [1.807, 2.05) is 6.07 Å². The highest BCUT2D eigenvalue weighted by atomic mass is 32.1. The maximum atomic E-state index is 9.35. The Hall–Kier alpha value is -2.24. The summed E-state index contributed by atoms with van der Waals surface area (Å²) in [4.78, 5) is 9.26. The summed E-state index contributed by atoms with van der Waals surface area (Å²) in [5, 5.41) is 13.1. The number of aromatic amines is 1. The first-order valence-corrected chi connectivity index (χ1v) is 8.32. The van der Waals surface area contributed by atoms with Crippen LogP contribution in [-0.2, 0) is 11.3 Å². The first-order valence-electron chi connectivity index (χ1n) is 7.91. The third-order valence-electron chi connectivity index (χ3n) is 4.06. The van der Waals surface area contributed by atoms with Crippen molar-refractivity contribution in [3.05, 3.63) is 34.2 Å². The summed E-state index contributed by atoms with van der Waals surface area (Å²) in [7, 11) is 0. The molecule has 8 heteroatoms. The maximum absolute atomic E-state index is 9.35. The lowest BCUT2D eigenvalue weighted by Gasteiger charge is -2.34. The van der Waals surface area contributed by atoms with E-state index >= 15 is 0 Å². The van der Waals surface area contributed by atoms with Gasteiger partial charge >= 0.3 is 0 Å². The fourth-order valence-corrected chi connectivity index (χ4v) is 3.19. The van der Waals surface area contributed by atoms with Crippen molar-refractivity contribution in [1.82, 2.24) is 15.1 Å². The zero-order valence-corrected chi connectivity index (χ0v) is 14.3. The highest BCUT2D eigenvalue weighted by Crippen LogP contribution is 2.26. The van der Waals surface area contributed by atoms with Gasteiger partial charge in [-0.15, -0.1) is 0 Å². The number of aromatic nitrogens is 3. The molecule has 0 amide bonds. The first kappa shape index (κ1) is 16.6. The van der Waals surface area contributed by atoms with Crippen molar-refractivity contribution >= 4 is 17.9 Å². The highest BCUT2D eigenvalue weighted by molar-refractivity contribution is 7.71. The minimum atomic E-state index is 0.331. The molecule has 7 nitrogen and oxygen atoms in total. The van der Waals surface area contributed by atoms with Crippen LogP contribution in [0.5, 0.6) is 0 Å². The maximum Gasteiger partial charge on any atom is 0.252 e. The molecular formula is C16H19N5O2S. The molecule has 126 valence electrons. The molecule has 0 radical (unpaired) electrons. The number of anilines is 1. The Morgan fingerprint density at radius 1 is 1.58 bits per heavy atom. The molecule has 0 unspecified atom stereocenters. The van der Waals surface area contributed by atoms with Crippen LogP contribution in [-0.4, -0.2) is 34.8 Å². The molecule has 1 N–H and O–H groups in total. The van der Waals surface area contributed by atoms with E-state index in [0.29, 0.717) is 41.1 Å². The number of piperidine rings is 1. The zero-order chi connectivity index (χ0) is 16.9. The fraction of sp³-hybridized carbons (Fsp3) is 0.500. The second-order valence-electron chi connectivity index (χ2n) is 5.88. The minimum absolute atomic E-state index is 0.331. The number of hydrogen-bond acceptors (Lipinski definition) is 7. The van der Waals surface area contributed by atoms with E-state index < -0.39 is 0 Å². The molecule has 1 atom stereocenters. The predicted octanol–water partition coefficient (Wildman–Crippen LogP) is 2.74. The van der Waals surface area contributed by atoms with Crippen molar-refractivity contribution < 1.29 is 9.26 Å². The summed E-state index contributed by atoms with van der Waals surface area (Å²) in [6.07, 6.45) is 3.95. The first-order chi connectivity index (χ1) is 11.7. The molecule has 1 aliphatic heterocycles. The van der Waals surface area contributed by atoms with Gasteiger partial charge in [0.15, 0.2) is 5.82 Å². The topological polar surface area (TPSA) is 91.0 Å². The zero-order valence-electron chi connectivity index (χ0n) is 13.5. The van der Waals surface area contributed by atoms with Crippen molar-refractivity contribution in [2.24, 2.45) is 5.92 Å². The second kappa shape index (κ2) is 7.55. The van der Waals surface area contributed by atoms with E-state index in [0.717, 1.165) is 31.6 Å². The number of pyridine rings is 1. The number of ether oxygens (including phenoxy) is 1. The predicted molar refractivity (Wildman–Crippen MR) is 90.0 cm³/mol. The van der Waals surface area contributed by atoms with Gasteiger partial charge in [-0.1, -0.05) is 17.4 Å². The van der Waals surface area contributed by atoms with E-state index in [-0.39, 0.29) is 0 Å². The molecule has 0 spiro atoms. The van der Waals surface area contributed by atoms with Gasteiger partial charge in [0.25, 0.3) is 5.89 Å². The summed E-state index contributed by atoms with van der Waals surface area (Å²) in [6, 6.07) is 4.12. The van der Waals surface area contributed by atoms with Gasteiger partial charge in [-0.25, -0.2) is 0 Å². The van der Waals surface area contributed by atoms with Crippen LogP contribution in [0, 0.1) is 28.8 Å². The lowest BCUT2D eigenvalue weighted by Crippen LogP contribution is -2.37. The third kappa shape index (κ3) is 3.80. The standard InChI is InChI=1S/C16H19N5O2S/c1-11-19-15(23-20-11)10-22-9-12-3-2-6-21(8-12)14-4-5-18-16(24)13(14)7-17/h4-5,12H,2-3,6,8-10H2,1H3,(H,18,24)/t12-/m0/s1. The molecule has 1 saturated heterocycles. The normalized spacial score (nSPS) is 17.7. The Morgan fingerprint density at radius 3 is 3.21 bits per heavy atom. The van der Waals surface area contributed by atoms with Gasteiger partial charge in [0.05, 0.1) is 12.3 Å². The van der Waals surface area contributed by atoms with Gasteiger partial charge < -0.3 is 19.1 Å². The van der Waals surface area contributed by atoms with E-state index in [1.165, 1.54) is 0 Å². The van der Waals surface area contributed by atoms with Crippen LogP contribution in [0.15, 0.2) is 16.8 Å². The Balaban J connectivity index is 1.59. The van der Waals surface area contributed by atoms with Gasteiger partial charge in [-0.2, -0.15) is 10.2 Å². The number of aryl methyl sites for hydroxylation is 1. The van der Waals surface area contributed by atoms with Crippen LogP contribution < -0.4 is 4.90 Å². The molecule has 0 bridgehead atoms. The minimum Gasteiger partial charge on any atom is -0.371 e. The lowest BCUT2D eigenvalue weighted by molar-refractivity contribution is 0.0647. The Bertz CT molecular complexity index is 794. The molecule has 0 aliphatic carbocycles. The van der Waals surface area contributed by atoms with Gasteiger partial charge in [0.2, 0.25) is 0 Å². The molecule has 3 rings (SSSR count). The molecule has 2 aromatic rings. The van der Waals surface area contributed by atoms with Crippen molar-refractivity contribution in [1.29, 1.82) is 5.26 Å². The Kier molecular flexibility index (Phi) is 5.23. The third-order valence-corrected chi connectivity index (χ3v) is 4.38. The number of H-pyrrole nitrogens is 1. The highest BCUT2D eigenvalue weighted by Gasteiger charge is 2.22. The smallest absolute Gasteiger partial charge is 0.252 e. The molecule has 1 fully saturated rings. The SMILES string of the molecule is Cc1noc(COC[C@H]2CCCN(c3cc[nH]c(=S)c3C#N)C2)n1. The van der Waals surface area contributed by atoms with Crippen LogP contribution in [0.1, 0.15) is 30.1 Å². The largest absolute Gasteiger partial charge is 0.371 e. The monoisotopic (exact) mass is 345 g/mol. The van der Waals surface area contributed by atoms with E-state index in [4.69, 9.17) is 21.5 Å². The van der Waals surface area contributed by atoms with E-state index in [9.17, 15) is 5.26 Å². The van der Waals surface area contributed by atoms with Crippen LogP contribution >= 0.6 is 12.2 Å². The number of nitrogens with one attached hydrogen (secondary N) is 1. The van der Waals surface area contributed by atoms with Crippen molar-refractivity contribution in [3.63, 3.8) is 0 Å². The van der Waals surface area contributed by atoms with E-state index in [1.54, 1.807) is 13.1 Å². The molecule has 1 aliphatic rings. The average Bonchev–Trinajstić information content (AvgIpc) is 3.00. The van der Waals surface area contributed by atoms with Gasteiger partial charge in [-0.3, -0.25) is 0 Å². The molecule has 3 heterocycles. The summed E-state index contributed by atoms with van der Waals surface area (Å²) in [6.45, 7) is 4.50. The van der Waals surface area contributed by atoms with Gasteiger partial charge in [0.1, 0.15) is 22.9 Å². The molecule has 24 heavy (non-hydrogen) atoms. The molecule has 0 saturated carbocycles. The summed E-state index contributed by atoms with van der Waals surface area (Å²) in [5.41, 5.74) is 1.44. The van der Waals surface area contributed by atoms with Crippen molar-refractivity contribution in [2.75, 3.05) is 24.6 Å². The lowest BCUT2D eigenvalue weighted by atomic mass is 9.98. The number of nitrogens with zero attached hydrogens (tertiary/aromatic N) is 4. The van der Waals surface area contributed by atoms with Crippen molar-refractivity contribution in [2.45, 2.75) is 26.4 Å². The van der Waals surface area contributed by atoms with Gasteiger partial charge in [-0.05, 0) is 31.7 Å². The summed E-state index contributed by atoms with van der Waals surface area (Å²) in [5.74, 6) is 1.51. The van der Waals surface area contributed by atoms with Gasteiger partial charge in [0, 0.05) is 19.3 Å². The molecule has 2 aromatic heterocycles. The quantitative estimate of drug-likeness (QED) is 0.833. The Morgan fingerprint density at radius 2 is 2.46 bits per heavy atom. The number of nitriles is 1. The van der Waals surface area contributed by atoms with E-state index in [2.05, 4.69) is 26.1 Å². The fourth-order valence-electron chi connectivity index (χ4n) is 2.97. The Labute approximate surface area is 145 Å². The van der Waals surface area contributed by atoms with Crippen LogP contribution in [0.4, 0.5) is 5.69 Å². The number of hydrogen-bond donors (Lipinski definition) is 1. The van der Waals surface area contributed by atoms with Crippen molar-refractivity contribution in [3.8, 4) is 6.07 Å². The second-order valence-corrected chi connectivity index (χ2v) is 6.29. The van der Waals surface area contributed by atoms with Crippen LogP contribution in [0.3, 0.4) is 0 Å². The number of rotatable bonds is 5. The summed E-state index contributed by atoms with van der Waals surface area (Å²) >= 11 is 5.21.